The fraction of sp³-hybridized carbons (Fsp3) is 0.500. The van der Waals surface area contributed by atoms with Crippen LogP contribution in [0.2, 0.25) is 0 Å². The van der Waals surface area contributed by atoms with Crippen molar-refractivity contribution in [3.63, 3.8) is 0 Å². The van der Waals surface area contributed by atoms with E-state index < -0.39 is 41.0 Å². The molecule has 1 aliphatic rings. The molecule has 86 valence electrons. The SMILES string of the molecule is C=CP(=O)(C=C)OC1CS(=O)(=O)CC1F. The Bertz CT molecular complexity index is 404. The Morgan fingerprint density at radius 3 is 2.20 bits per heavy atom. The molecule has 0 aliphatic carbocycles. The van der Waals surface area contributed by atoms with Gasteiger partial charge in [0.1, 0.15) is 12.3 Å². The first-order valence-corrected chi connectivity index (χ1v) is 7.80. The van der Waals surface area contributed by atoms with Crippen LogP contribution in [-0.2, 0) is 18.9 Å². The monoisotopic (exact) mass is 254 g/mol. The minimum absolute atomic E-state index is 0.445. The average molecular weight is 254 g/mol. The molecule has 0 N–H and O–H groups in total. The number of sulfone groups is 1. The van der Waals surface area contributed by atoms with Gasteiger partial charge < -0.3 is 4.52 Å². The van der Waals surface area contributed by atoms with Gasteiger partial charge in [-0.25, -0.2) is 12.8 Å². The van der Waals surface area contributed by atoms with E-state index in [-0.39, 0.29) is 0 Å². The third-order valence-corrected chi connectivity index (χ3v) is 5.32. The molecule has 4 nitrogen and oxygen atoms in total. The molecule has 0 aromatic heterocycles. The van der Waals surface area contributed by atoms with Gasteiger partial charge in [-0.05, 0) is 11.6 Å². The first-order valence-electron chi connectivity index (χ1n) is 4.21. The second-order valence-electron chi connectivity index (χ2n) is 3.25. The fourth-order valence-corrected chi connectivity index (χ4v) is 3.91. The van der Waals surface area contributed by atoms with Gasteiger partial charge in [-0.3, -0.25) is 4.57 Å². The Balaban J connectivity index is 2.81. The maximum Gasteiger partial charge on any atom is 0.246 e. The molecule has 15 heavy (non-hydrogen) atoms. The maximum absolute atomic E-state index is 13.2. The van der Waals surface area contributed by atoms with Crippen molar-refractivity contribution in [2.45, 2.75) is 12.3 Å². The van der Waals surface area contributed by atoms with Crippen LogP contribution in [0, 0.1) is 0 Å². The van der Waals surface area contributed by atoms with E-state index in [1.165, 1.54) is 0 Å². The first kappa shape index (κ1) is 12.6. The van der Waals surface area contributed by atoms with Crippen LogP contribution in [-0.4, -0.2) is 32.2 Å². The molecule has 0 saturated carbocycles. The molecule has 7 heteroatoms. The number of alkyl halides is 1. The molecule has 2 unspecified atom stereocenters. The topological polar surface area (TPSA) is 60.4 Å². The minimum atomic E-state index is -3.42. The van der Waals surface area contributed by atoms with Crippen molar-refractivity contribution >= 4 is 17.2 Å². The molecule has 0 spiro atoms. The van der Waals surface area contributed by atoms with Gasteiger partial charge in [0.25, 0.3) is 0 Å². The van der Waals surface area contributed by atoms with Gasteiger partial charge in [0.15, 0.2) is 9.84 Å². The summed E-state index contributed by atoms with van der Waals surface area (Å²) in [4.78, 5) is 0. The third-order valence-electron chi connectivity index (χ3n) is 2.04. The lowest BCUT2D eigenvalue weighted by atomic mass is 10.3. The minimum Gasteiger partial charge on any atom is -0.315 e. The summed E-state index contributed by atoms with van der Waals surface area (Å²) in [6.07, 6.45) is -2.82. The summed E-state index contributed by atoms with van der Waals surface area (Å²) in [5.74, 6) is 1.03. The highest BCUT2D eigenvalue weighted by molar-refractivity contribution is 7.91. The Hall–Kier alpha value is -0.450. The second-order valence-corrected chi connectivity index (χ2v) is 7.63. The smallest absolute Gasteiger partial charge is 0.246 e. The van der Waals surface area contributed by atoms with E-state index >= 15 is 0 Å². The summed E-state index contributed by atoms with van der Waals surface area (Å²) in [6, 6.07) is 0. The van der Waals surface area contributed by atoms with E-state index in [4.69, 9.17) is 4.52 Å². The molecular formula is C8H12FO4PS. The number of rotatable bonds is 4. The van der Waals surface area contributed by atoms with E-state index in [2.05, 4.69) is 13.2 Å². The molecule has 0 amide bonds. The van der Waals surface area contributed by atoms with Crippen molar-refractivity contribution in [3.8, 4) is 0 Å². The molecule has 1 rings (SSSR count). The van der Waals surface area contributed by atoms with Gasteiger partial charge in [-0.2, -0.15) is 0 Å². The van der Waals surface area contributed by atoms with E-state index in [1.54, 1.807) is 0 Å². The third kappa shape index (κ3) is 3.00. The molecule has 0 radical (unpaired) electrons. The predicted molar refractivity (Wildman–Crippen MR) is 56.4 cm³/mol. The standard InChI is InChI=1S/C8H12FO4PS/c1-3-14(10,4-2)13-8-6-15(11,12)5-7(8)9/h3-4,7-8H,1-2,5-6H2. The first-order chi connectivity index (χ1) is 6.82. The van der Waals surface area contributed by atoms with Crippen LogP contribution in [0.3, 0.4) is 0 Å². The number of hydrogen-bond donors (Lipinski definition) is 0. The second kappa shape index (κ2) is 4.20. The molecule has 0 aromatic carbocycles. The maximum atomic E-state index is 13.2. The van der Waals surface area contributed by atoms with Crippen molar-refractivity contribution in [1.82, 2.24) is 0 Å². The normalized spacial score (nSPS) is 29.9. The predicted octanol–water partition coefficient (Wildman–Crippen LogP) is 1.70. The highest BCUT2D eigenvalue weighted by atomic mass is 32.2. The Kier molecular flexibility index (Phi) is 3.53. The van der Waals surface area contributed by atoms with Crippen molar-refractivity contribution < 1.29 is 21.9 Å². The van der Waals surface area contributed by atoms with Crippen LogP contribution in [0.15, 0.2) is 24.8 Å². The van der Waals surface area contributed by atoms with Gasteiger partial charge >= 0.3 is 0 Å². The average Bonchev–Trinajstić information content (AvgIpc) is 2.39. The molecule has 2 atom stereocenters. The summed E-state index contributed by atoms with van der Waals surface area (Å²) < 4.78 is 51.9. The zero-order valence-corrected chi connectivity index (χ0v) is 9.72. The number of hydrogen-bond acceptors (Lipinski definition) is 4. The molecular weight excluding hydrogens is 242 g/mol. The van der Waals surface area contributed by atoms with Gasteiger partial charge in [-0.15, -0.1) is 0 Å². The van der Waals surface area contributed by atoms with Gasteiger partial charge in [0.05, 0.1) is 11.5 Å². The molecule has 1 saturated heterocycles. The highest BCUT2D eigenvalue weighted by Crippen LogP contribution is 2.51. The Labute approximate surface area is 88.2 Å². The van der Waals surface area contributed by atoms with Gasteiger partial charge in [0, 0.05) is 0 Å². The summed E-state index contributed by atoms with van der Waals surface area (Å²) in [6.45, 7) is 6.55. The van der Waals surface area contributed by atoms with Crippen LogP contribution in [0.1, 0.15) is 0 Å². The van der Waals surface area contributed by atoms with Crippen LogP contribution in [0.4, 0.5) is 4.39 Å². The largest absolute Gasteiger partial charge is 0.315 e. The Morgan fingerprint density at radius 2 is 1.87 bits per heavy atom. The lowest BCUT2D eigenvalue weighted by Gasteiger charge is -2.16. The van der Waals surface area contributed by atoms with E-state index in [1.807, 2.05) is 0 Å². The summed E-state index contributed by atoms with van der Waals surface area (Å²) >= 11 is 0. The van der Waals surface area contributed by atoms with E-state index in [0.29, 0.717) is 0 Å². The van der Waals surface area contributed by atoms with Gasteiger partial charge in [0.2, 0.25) is 7.37 Å². The highest BCUT2D eigenvalue weighted by Gasteiger charge is 2.41. The summed E-state index contributed by atoms with van der Waals surface area (Å²) in [7, 11) is -6.72. The Morgan fingerprint density at radius 1 is 1.33 bits per heavy atom. The van der Waals surface area contributed by atoms with Crippen LogP contribution in [0.25, 0.3) is 0 Å². The molecule has 0 bridgehead atoms. The zero-order valence-electron chi connectivity index (χ0n) is 8.00. The van der Waals surface area contributed by atoms with Crippen molar-refractivity contribution in [2.24, 2.45) is 0 Å². The lowest BCUT2D eigenvalue weighted by Crippen LogP contribution is -2.21. The van der Waals surface area contributed by atoms with Crippen LogP contribution >= 0.6 is 7.37 Å². The van der Waals surface area contributed by atoms with Crippen molar-refractivity contribution in [2.75, 3.05) is 11.5 Å². The van der Waals surface area contributed by atoms with E-state index in [0.717, 1.165) is 11.6 Å². The molecule has 1 heterocycles. The summed E-state index contributed by atoms with van der Waals surface area (Å²) in [5.41, 5.74) is 0. The quantitative estimate of drug-likeness (QED) is 0.716. The van der Waals surface area contributed by atoms with Crippen LogP contribution < -0.4 is 0 Å². The van der Waals surface area contributed by atoms with Crippen molar-refractivity contribution in [3.05, 3.63) is 24.8 Å². The molecule has 1 aliphatic heterocycles. The van der Waals surface area contributed by atoms with E-state index in [9.17, 15) is 17.4 Å². The fourth-order valence-electron chi connectivity index (χ4n) is 1.24. The number of halogens is 1. The molecule has 0 aromatic rings. The van der Waals surface area contributed by atoms with Gasteiger partial charge in [-0.1, -0.05) is 13.2 Å². The van der Waals surface area contributed by atoms with Crippen LogP contribution in [0.5, 0.6) is 0 Å². The summed E-state index contributed by atoms with van der Waals surface area (Å²) in [5, 5.41) is 0. The van der Waals surface area contributed by atoms with Crippen molar-refractivity contribution in [1.29, 1.82) is 0 Å². The molecule has 1 fully saturated rings. The lowest BCUT2D eigenvalue weighted by molar-refractivity contribution is 0.147. The zero-order chi connectivity index (χ0) is 11.7.